The number of amides is 1. The lowest BCUT2D eigenvalue weighted by Crippen LogP contribution is -2.30. The summed E-state index contributed by atoms with van der Waals surface area (Å²) in [6.07, 6.45) is 3.13. The molecule has 162 valence electrons. The first-order valence-corrected chi connectivity index (χ1v) is 10.4. The number of ketones is 1. The first kappa shape index (κ1) is 21.9. The molecule has 1 N–H and O–H groups in total. The lowest BCUT2D eigenvalue weighted by molar-refractivity contribution is -0.132. The summed E-state index contributed by atoms with van der Waals surface area (Å²) in [5.74, 6) is -1.46. The second-order valence-electron chi connectivity index (χ2n) is 7.23. The van der Waals surface area contributed by atoms with Crippen molar-refractivity contribution in [1.29, 1.82) is 0 Å². The molecular formula is C24H18Cl2N2O4. The molecule has 2 aromatic carbocycles. The number of aliphatic hydroxyl groups is 1. The molecule has 32 heavy (non-hydrogen) atoms. The smallest absolute Gasteiger partial charge is 0.300 e. The molecule has 1 saturated heterocycles. The van der Waals surface area contributed by atoms with Crippen molar-refractivity contribution in [3.8, 4) is 5.75 Å². The molecule has 3 aromatic rings. The van der Waals surface area contributed by atoms with Crippen molar-refractivity contribution >= 4 is 46.3 Å². The monoisotopic (exact) mass is 468 g/mol. The fourth-order valence-electron chi connectivity index (χ4n) is 3.80. The number of benzene rings is 2. The van der Waals surface area contributed by atoms with E-state index in [1.54, 1.807) is 61.8 Å². The molecule has 0 aliphatic carbocycles. The highest BCUT2D eigenvalue weighted by molar-refractivity contribution is 6.52. The van der Waals surface area contributed by atoms with Gasteiger partial charge in [0, 0.05) is 28.7 Å². The molecule has 1 amide bonds. The molecule has 1 fully saturated rings. The fraction of sp³-hybridized carbons (Fsp3) is 0.125. The second kappa shape index (κ2) is 8.65. The molecule has 0 saturated carbocycles. The molecule has 8 heteroatoms. The number of hydrogen-bond donors (Lipinski definition) is 1. The predicted molar refractivity (Wildman–Crippen MR) is 123 cm³/mol. The molecule has 1 aliphatic rings. The maximum atomic E-state index is 13.2. The molecule has 1 aliphatic heterocycles. The molecule has 6 nitrogen and oxygen atoms in total. The SMILES string of the molecule is COc1ccc(/C(O)=C2\C(=O)C(=O)N(c3ccc(Cl)cc3C)C2c2ccncc2)cc1Cl. The minimum absolute atomic E-state index is 0.0446. The van der Waals surface area contributed by atoms with E-state index >= 15 is 0 Å². The van der Waals surface area contributed by atoms with Crippen LogP contribution in [0.5, 0.6) is 5.75 Å². The number of aryl methyl sites for hydroxylation is 1. The first-order valence-electron chi connectivity index (χ1n) is 9.64. The standard InChI is InChI=1S/C24H18Cl2N2O4/c1-13-11-16(25)4-5-18(13)28-21(14-7-9-27-10-8-14)20(23(30)24(28)31)22(29)15-3-6-19(32-2)17(26)12-15/h3-12,21,29H,1-2H3/b22-20+. The van der Waals surface area contributed by atoms with Gasteiger partial charge in [-0.2, -0.15) is 0 Å². The van der Waals surface area contributed by atoms with Crippen molar-refractivity contribution in [1.82, 2.24) is 4.98 Å². The van der Waals surface area contributed by atoms with E-state index in [1.807, 2.05) is 0 Å². The van der Waals surface area contributed by atoms with Crippen molar-refractivity contribution in [2.75, 3.05) is 12.0 Å². The highest BCUT2D eigenvalue weighted by atomic mass is 35.5. The van der Waals surface area contributed by atoms with Gasteiger partial charge >= 0.3 is 0 Å². The Morgan fingerprint density at radius 2 is 1.78 bits per heavy atom. The molecule has 1 atom stereocenters. The first-order chi connectivity index (χ1) is 15.3. The summed E-state index contributed by atoms with van der Waals surface area (Å²) in [5.41, 5.74) is 2.10. The van der Waals surface area contributed by atoms with Gasteiger partial charge in [0.2, 0.25) is 0 Å². The number of nitrogens with zero attached hydrogens (tertiary/aromatic N) is 2. The van der Waals surface area contributed by atoms with E-state index < -0.39 is 17.7 Å². The number of carbonyl (C=O) groups excluding carboxylic acids is 2. The van der Waals surface area contributed by atoms with Gasteiger partial charge in [-0.15, -0.1) is 0 Å². The predicted octanol–water partition coefficient (Wildman–Crippen LogP) is 5.33. The molecule has 0 spiro atoms. The van der Waals surface area contributed by atoms with Crippen LogP contribution in [-0.4, -0.2) is 28.9 Å². The van der Waals surface area contributed by atoms with Crippen LogP contribution in [0.2, 0.25) is 10.0 Å². The molecule has 0 radical (unpaired) electrons. The average Bonchev–Trinajstić information content (AvgIpc) is 3.04. The number of carbonyl (C=O) groups is 2. The number of aromatic nitrogens is 1. The molecule has 2 heterocycles. The van der Waals surface area contributed by atoms with Gasteiger partial charge in [0.15, 0.2) is 0 Å². The van der Waals surface area contributed by atoms with Crippen molar-refractivity contribution in [3.05, 3.63) is 93.2 Å². The highest BCUT2D eigenvalue weighted by Crippen LogP contribution is 2.43. The van der Waals surface area contributed by atoms with Gasteiger partial charge in [0.1, 0.15) is 11.5 Å². The Morgan fingerprint density at radius 1 is 1.06 bits per heavy atom. The number of hydrogen-bond acceptors (Lipinski definition) is 5. The minimum Gasteiger partial charge on any atom is -0.507 e. The number of halogens is 2. The van der Waals surface area contributed by atoms with Crippen molar-refractivity contribution in [2.24, 2.45) is 0 Å². The third kappa shape index (κ3) is 3.72. The van der Waals surface area contributed by atoms with Crippen molar-refractivity contribution in [2.45, 2.75) is 13.0 Å². The Bertz CT molecular complexity index is 1260. The van der Waals surface area contributed by atoms with Crippen LogP contribution in [-0.2, 0) is 9.59 Å². The molecular weight excluding hydrogens is 451 g/mol. The number of pyridine rings is 1. The zero-order valence-corrected chi connectivity index (χ0v) is 18.7. The Balaban J connectivity index is 1.95. The topological polar surface area (TPSA) is 79.7 Å². The molecule has 1 aromatic heterocycles. The van der Waals surface area contributed by atoms with Gasteiger partial charge in [-0.1, -0.05) is 23.2 Å². The largest absolute Gasteiger partial charge is 0.507 e. The van der Waals surface area contributed by atoms with E-state index in [0.29, 0.717) is 33.1 Å². The number of ether oxygens (including phenoxy) is 1. The van der Waals surface area contributed by atoms with Crippen molar-refractivity contribution < 1.29 is 19.4 Å². The second-order valence-corrected chi connectivity index (χ2v) is 8.07. The van der Waals surface area contributed by atoms with E-state index in [4.69, 9.17) is 27.9 Å². The van der Waals surface area contributed by atoms with Crippen LogP contribution in [0.1, 0.15) is 22.7 Å². The van der Waals surface area contributed by atoms with Crippen LogP contribution in [0.25, 0.3) is 5.76 Å². The summed E-state index contributed by atoms with van der Waals surface area (Å²) >= 11 is 12.3. The lowest BCUT2D eigenvalue weighted by atomic mass is 9.95. The zero-order valence-electron chi connectivity index (χ0n) is 17.2. The highest BCUT2D eigenvalue weighted by Gasteiger charge is 2.47. The Hall–Kier alpha value is -3.35. The van der Waals surface area contributed by atoms with Gasteiger partial charge in [-0.25, -0.2) is 0 Å². The average molecular weight is 469 g/mol. The maximum Gasteiger partial charge on any atom is 0.300 e. The van der Waals surface area contributed by atoms with Gasteiger partial charge in [-0.3, -0.25) is 19.5 Å². The van der Waals surface area contributed by atoms with E-state index in [1.165, 1.54) is 18.1 Å². The van der Waals surface area contributed by atoms with Crippen LogP contribution >= 0.6 is 23.2 Å². The maximum absolute atomic E-state index is 13.2. The summed E-state index contributed by atoms with van der Waals surface area (Å²) in [6.45, 7) is 1.80. The lowest BCUT2D eigenvalue weighted by Gasteiger charge is -2.26. The zero-order chi connectivity index (χ0) is 23.0. The van der Waals surface area contributed by atoms with Crippen LogP contribution in [0.15, 0.2) is 66.5 Å². The normalized spacial score (nSPS) is 17.6. The Labute approximate surface area is 194 Å². The van der Waals surface area contributed by atoms with Gasteiger partial charge in [0.25, 0.3) is 11.7 Å². The van der Waals surface area contributed by atoms with Crippen molar-refractivity contribution in [3.63, 3.8) is 0 Å². The van der Waals surface area contributed by atoms with Gasteiger partial charge < -0.3 is 9.84 Å². The fourth-order valence-corrected chi connectivity index (χ4v) is 4.28. The summed E-state index contributed by atoms with van der Waals surface area (Å²) in [4.78, 5) is 31.7. The number of aliphatic hydroxyl groups excluding tert-OH is 1. The van der Waals surface area contributed by atoms with Crippen LogP contribution in [0.4, 0.5) is 5.69 Å². The molecule has 0 bridgehead atoms. The third-order valence-corrected chi connectivity index (χ3v) is 5.84. The van der Waals surface area contributed by atoms with E-state index in [9.17, 15) is 14.7 Å². The quantitative estimate of drug-likeness (QED) is 0.317. The number of Topliss-reactive ketones (excluding diaryl/α,β-unsaturated/α-hetero) is 1. The third-order valence-electron chi connectivity index (χ3n) is 5.31. The molecule has 1 unspecified atom stereocenters. The number of anilines is 1. The summed E-state index contributed by atoms with van der Waals surface area (Å²) in [7, 11) is 1.48. The minimum atomic E-state index is -0.862. The Morgan fingerprint density at radius 3 is 2.41 bits per heavy atom. The molecule has 4 rings (SSSR count). The summed E-state index contributed by atoms with van der Waals surface area (Å²) in [5, 5.41) is 11.9. The van der Waals surface area contributed by atoms with E-state index in [-0.39, 0.29) is 16.4 Å². The van der Waals surface area contributed by atoms with Crippen LogP contribution in [0.3, 0.4) is 0 Å². The number of methoxy groups -OCH3 is 1. The van der Waals surface area contributed by atoms with Gasteiger partial charge in [-0.05, 0) is 66.6 Å². The number of rotatable bonds is 4. The summed E-state index contributed by atoms with van der Waals surface area (Å²) < 4.78 is 5.15. The van der Waals surface area contributed by atoms with Crippen LogP contribution in [0, 0.1) is 6.92 Å². The van der Waals surface area contributed by atoms with Gasteiger partial charge in [0.05, 0.1) is 23.7 Å². The van der Waals surface area contributed by atoms with E-state index in [0.717, 1.165) is 0 Å². The summed E-state index contributed by atoms with van der Waals surface area (Å²) in [6, 6.07) is 12.2. The van der Waals surface area contributed by atoms with E-state index in [2.05, 4.69) is 4.98 Å². The van der Waals surface area contributed by atoms with Crippen LogP contribution < -0.4 is 9.64 Å². The Kier molecular flexibility index (Phi) is 5.91.